The molecular weight excluding hydrogens is 324 g/mol. The molecule has 7 heteroatoms. The normalized spacial score (nSPS) is 16.2. The number of rotatable bonds is 7. The van der Waals surface area contributed by atoms with Gasteiger partial charge in [0.1, 0.15) is 0 Å². The standard InChI is InChI=1S/C17H24N4O2S/c1-21(10-5-8-18)15(23)13-17(6-3-2-4-7-17)12-14(22)20-16-19-9-11-24-16/h9,11H,2-7,10,12-13H2,1H3,(H,19,20,22). The molecule has 130 valence electrons. The monoisotopic (exact) mass is 348 g/mol. The van der Waals surface area contributed by atoms with Gasteiger partial charge in [-0.1, -0.05) is 19.3 Å². The molecule has 0 spiro atoms. The minimum atomic E-state index is -0.266. The fourth-order valence-corrected chi connectivity index (χ4v) is 3.85. The molecule has 1 aromatic heterocycles. The van der Waals surface area contributed by atoms with Crippen molar-refractivity contribution in [2.75, 3.05) is 18.9 Å². The van der Waals surface area contributed by atoms with Crippen molar-refractivity contribution in [2.24, 2.45) is 5.41 Å². The minimum absolute atomic E-state index is 0.0224. The van der Waals surface area contributed by atoms with Gasteiger partial charge in [0.2, 0.25) is 11.8 Å². The third kappa shape index (κ3) is 5.31. The second-order valence-corrected chi connectivity index (χ2v) is 7.42. The Morgan fingerprint density at radius 3 is 2.75 bits per heavy atom. The van der Waals surface area contributed by atoms with Crippen molar-refractivity contribution in [3.05, 3.63) is 11.6 Å². The second-order valence-electron chi connectivity index (χ2n) is 6.52. The van der Waals surface area contributed by atoms with Crippen molar-refractivity contribution in [3.63, 3.8) is 0 Å². The minimum Gasteiger partial charge on any atom is -0.345 e. The average Bonchev–Trinajstić information content (AvgIpc) is 3.05. The van der Waals surface area contributed by atoms with Crippen molar-refractivity contribution < 1.29 is 9.59 Å². The van der Waals surface area contributed by atoms with Crippen LogP contribution in [0.1, 0.15) is 51.4 Å². The number of hydrogen-bond donors (Lipinski definition) is 1. The van der Waals surface area contributed by atoms with E-state index in [1.54, 1.807) is 18.1 Å². The van der Waals surface area contributed by atoms with E-state index in [0.717, 1.165) is 32.1 Å². The van der Waals surface area contributed by atoms with E-state index in [9.17, 15) is 9.59 Å². The lowest BCUT2D eigenvalue weighted by molar-refractivity contribution is -0.133. The summed E-state index contributed by atoms with van der Waals surface area (Å²) in [6, 6.07) is 2.06. The summed E-state index contributed by atoms with van der Waals surface area (Å²) in [6.07, 6.45) is 7.79. The molecule has 0 radical (unpaired) electrons. The lowest BCUT2D eigenvalue weighted by Crippen LogP contribution is -2.37. The predicted molar refractivity (Wildman–Crippen MR) is 93.4 cm³/mol. The molecule has 2 amide bonds. The van der Waals surface area contributed by atoms with Crippen molar-refractivity contribution in [3.8, 4) is 6.07 Å². The van der Waals surface area contributed by atoms with Crippen LogP contribution in [0.25, 0.3) is 0 Å². The lowest BCUT2D eigenvalue weighted by atomic mass is 9.69. The third-order valence-corrected chi connectivity index (χ3v) is 5.33. The van der Waals surface area contributed by atoms with E-state index < -0.39 is 0 Å². The molecule has 1 heterocycles. The number of hydrogen-bond acceptors (Lipinski definition) is 5. The van der Waals surface area contributed by atoms with Gasteiger partial charge in [0.05, 0.1) is 12.5 Å². The van der Waals surface area contributed by atoms with Crippen LogP contribution in [0.15, 0.2) is 11.6 Å². The summed E-state index contributed by atoms with van der Waals surface area (Å²) in [5.74, 6) is -0.0477. The van der Waals surface area contributed by atoms with E-state index in [1.807, 2.05) is 5.38 Å². The molecule has 1 aliphatic carbocycles. The maximum absolute atomic E-state index is 12.5. The van der Waals surface area contributed by atoms with Crippen molar-refractivity contribution in [2.45, 2.75) is 51.4 Å². The van der Waals surface area contributed by atoms with Crippen LogP contribution >= 0.6 is 11.3 Å². The Balaban J connectivity index is 1.99. The first kappa shape index (κ1) is 18.4. The highest BCUT2D eigenvalue weighted by Gasteiger charge is 2.37. The van der Waals surface area contributed by atoms with E-state index in [4.69, 9.17) is 5.26 Å². The fraction of sp³-hybridized carbons (Fsp3) is 0.647. The fourth-order valence-electron chi connectivity index (χ4n) is 3.31. The molecule has 1 saturated carbocycles. The van der Waals surface area contributed by atoms with Gasteiger partial charge in [0.25, 0.3) is 0 Å². The highest BCUT2D eigenvalue weighted by atomic mass is 32.1. The van der Waals surface area contributed by atoms with Crippen LogP contribution in [0, 0.1) is 16.7 Å². The van der Waals surface area contributed by atoms with Gasteiger partial charge in [-0.25, -0.2) is 4.98 Å². The Morgan fingerprint density at radius 2 is 2.12 bits per heavy atom. The van der Waals surface area contributed by atoms with Gasteiger partial charge in [-0.05, 0) is 18.3 Å². The van der Waals surface area contributed by atoms with Crippen LogP contribution in [0.4, 0.5) is 5.13 Å². The topological polar surface area (TPSA) is 86.1 Å². The molecule has 1 aliphatic rings. The maximum Gasteiger partial charge on any atom is 0.226 e. The van der Waals surface area contributed by atoms with Crippen molar-refractivity contribution in [1.29, 1.82) is 5.26 Å². The number of anilines is 1. The molecule has 1 fully saturated rings. The first-order chi connectivity index (χ1) is 11.5. The summed E-state index contributed by atoms with van der Waals surface area (Å²) in [5, 5.41) is 13.9. The van der Waals surface area contributed by atoms with Gasteiger partial charge in [-0.15, -0.1) is 11.3 Å². The number of nitrogens with one attached hydrogen (secondary N) is 1. The zero-order valence-electron chi connectivity index (χ0n) is 14.1. The van der Waals surface area contributed by atoms with Gasteiger partial charge >= 0.3 is 0 Å². The van der Waals surface area contributed by atoms with E-state index in [1.165, 1.54) is 11.3 Å². The molecular formula is C17H24N4O2S. The zero-order chi connectivity index (χ0) is 17.4. The van der Waals surface area contributed by atoms with Crippen LogP contribution in [0.3, 0.4) is 0 Å². The Morgan fingerprint density at radius 1 is 1.38 bits per heavy atom. The summed E-state index contributed by atoms with van der Waals surface area (Å²) >= 11 is 1.39. The number of nitrogens with zero attached hydrogens (tertiary/aromatic N) is 3. The number of carbonyl (C=O) groups is 2. The molecule has 0 aliphatic heterocycles. The average molecular weight is 348 g/mol. The van der Waals surface area contributed by atoms with Crippen molar-refractivity contribution >= 4 is 28.3 Å². The Kier molecular flexibility index (Phi) is 6.73. The summed E-state index contributed by atoms with van der Waals surface area (Å²) < 4.78 is 0. The quantitative estimate of drug-likeness (QED) is 0.820. The molecule has 0 bridgehead atoms. The molecule has 6 nitrogen and oxygen atoms in total. The van der Waals surface area contributed by atoms with Gasteiger partial charge in [-0.3, -0.25) is 9.59 Å². The first-order valence-corrected chi connectivity index (χ1v) is 9.23. The van der Waals surface area contributed by atoms with Gasteiger partial charge in [0, 0.05) is 38.0 Å². The van der Waals surface area contributed by atoms with E-state index in [0.29, 0.717) is 30.9 Å². The van der Waals surface area contributed by atoms with Crippen LogP contribution in [-0.4, -0.2) is 35.3 Å². The summed E-state index contributed by atoms with van der Waals surface area (Å²) in [7, 11) is 1.73. The Hall–Kier alpha value is -1.94. The van der Waals surface area contributed by atoms with Crippen LogP contribution < -0.4 is 5.32 Å². The summed E-state index contributed by atoms with van der Waals surface area (Å²) in [4.78, 5) is 30.6. The molecule has 0 unspecified atom stereocenters. The molecule has 1 aromatic rings. The number of amides is 2. The summed E-state index contributed by atoms with van der Waals surface area (Å²) in [5.41, 5.74) is -0.266. The Bertz CT molecular complexity index is 588. The van der Waals surface area contributed by atoms with Gasteiger partial charge < -0.3 is 10.2 Å². The Labute approximate surface area is 146 Å². The summed E-state index contributed by atoms with van der Waals surface area (Å²) in [6.45, 7) is 0.441. The van der Waals surface area contributed by atoms with Crippen LogP contribution in [-0.2, 0) is 9.59 Å². The molecule has 0 aromatic carbocycles. The molecule has 24 heavy (non-hydrogen) atoms. The van der Waals surface area contributed by atoms with E-state index >= 15 is 0 Å². The molecule has 0 atom stereocenters. The van der Waals surface area contributed by atoms with E-state index in [2.05, 4.69) is 16.4 Å². The van der Waals surface area contributed by atoms with Gasteiger partial charge in [0.15, 0.2) is 5.13 Å². The lowest BCUT2D eigenvalue weighted by Gasteiger charge is -2.37. The van der Waals surface area contributed by atoms with Crippen LogP contribution in [0.5, 0.6) is 0 Å². The number of thiazole rings is 1. The third-order valence-electron chi connectivity index (χ3n) is 4.64. The highest BCUT2D eigenvalue weighted by molar-refractivity contribution is 7.13. The highest BCUT2D eigenvalue weighted by Crippen LogP contribution is 2.43. The molecule has 2 rings (SSSR count). The van der Waals surface area contributed by atoms with Crippen LogP contribution in [0.2, 0.25) is 0 Å². The second kappa shape index (κ2) is 8.78. The largest absolute Gasteiger partial charge is 0.345 e. The maximum atomic E-state index is 12.5. The number of carbonyl (C=O) groups excluding carboxylic acids is 2. The molecule has 0 saturated heterocycles. The predicted octanol–water partition coefficient (Wildman–Crippen LogP) is 3.18. The van der Waals surface area contributed by atoms with Crippen molar-refractivity contribution in [1.82, 2.24) is 9.88 Å². The first-order valence-electron chi connectivity index (χ1n) is 8.35. The number of nitriles is 1. The zero-order valence-corrected chi connectivity index (χ0v) is 14.9. The number of aromatic nitrogens is 1. The SMILES string of the molecule is CN(CCC#N)C(=O)CC1(CC(=O)Nc2nccs2)CCCCC1. The van der Waals surface area contributed by atoms with E-state index in [-0.39, 0.29) is 17.2 Å². The molecule has 1 N–H and O–H groups in total. The van der Waals surface area contributed by atoms with Gasteiger partial charge in [-0.2, -0.15) is 5.26 Å². The smallest absolute Gasteiger partial charge is 0.226 e.